The van der Waals surface area contributed by atoms with Crippen LogP contribution in [0.4, 0.5) is 0 Å². The lowest BCUT2D eigenvalue weighted by atomic mass is 9.78. The second kappa shape index (κ2) is 16.3. The van der Waals surface area contributed by atoms with Gasteiger partial charge in [0.25, 0.3) is 0 Å². The smallest absolute Gasteiger partial charge is 0.149 e. The minimum absolute atomic E-state index is 0.0679. The maximum atomic E-state index is 11.9. The van der Waals surface area contributed by atoms with Crippen LogP contribution in [0.5, 0.6) is 5.75 Å². The van der Waals surface area contributed by atoms with Crippen molar-refractivity contribution in [1.29, 1.82) is 0 Å². The number of aromatic hydroxyl groups is 1. The van der Waals surface area contributed by atoms with Crippen molar-refractivity contribution < 1.29 is 13.3 Å². The summed E-state index contributed by atoms with van der Waals surface area (Å²) in [5.74, 6) is 0.481. The van der Waals surface area contributed by atoms with Crippen molar-refractivity contribution in [3.05, 3.63) is 191 Å². The zero-order valence-electron chi connectivity index (χ0n) is 43.8. The molecule has 64 heavy (non-hydrogen) atoms. The van der Waals surface area contributed by atoms with Gasteiger partial charge in [0.1, 0.15) is 11.6 Å². The standard InChI is InChI=1S/C60H57N3O/c1-37-22-24-41(25-23-37)43-28-29-61-52(36-43)46-33-45(34-47(35-46)59(5,6)7)49-19-15-21-54-56(49)62-58(50-31-38(2)30-40(4)57(50)64)63(54)53-27-26-44(32-39(53)3)55-48(42-16-12-11-13-17-42)18-14-20-51(55)60(8,9)10/h11-36,64H,1-10H3/i1D3,3D3. The predicted octanol–water partition coefficient (Wildman–Crippen LogP) is 16.0. The van der Waals surface area contributed by atoms with Crippen molar-refractivity contribution in [2.75, 3.05) is 0 Å². The molecule has 4 nitrogen and oxygen atoms in total. The molecule has 1 N–H and O–H groups in total. The third kappa shape index (κ3) is 7.94. The van der Waals surface area contributed by atoms with Gasteiger partial charge < -0.3 is 5.11 Å². The van der Waals surface area contributed by atoms with Gasteiger partial charge in [0, 0.05) is 25.5 Å². The molecule has 0 aliphatic heterocycles. The summed E-state index contributed by atoms with van der Waals surface area (Å²) in [4.78, 5) is 10.3. The largest absolute Gasteiger partial charge is 0.507 e. The van der Waals surface area contributed by atoms with Gasteiger partial charge in [-0.05, 0) is 154 Å². The molecule has 0 saturated heterocycles. The van der Waals surface area contributed by atoms with Crippen molar-refractivity contribution in [2.24, 2.45) is 0 Å². The van der Waals surface area contributed by atoms with Crippen LogP contribution in [0.1, 0.15) is 83.1 Å². The van der Waals surface area contributed by atoms with Gasteiger partial charge in [-0.1, -0.05) is 150 Å². The Balaban J connectivity index is 1.29. The van der Waals surface area contributed by atoms with Crippen LogP contribution in [-0.4, -0.2) is 19.6 Å². The van der Waals surface area contributed by atoms with E-state index in [0.29, 0.717) is 33.7 Å². The van der Waals surface area contributed by atoms with E-state index in [4.69, 9.17) is 18.2 Å². The van der Waals surface area contributed by atoms with Crippen LogP contribution < -0.4 is 0 Å². The molecule has 0 radical (unpaired) electrons. The number of benzene rings is 7. The molecule has 0 fully saturated rings. The number of fused-ring (bicyclic) bond motifs is 1. The number of phenols is 1. The van der Waals surface area contributed by atoms with E-state index in [2.05, 4.69) is 90.1 Å². The number of pyridine rings is 1. The minimum Gasteiger partial charge on any atom is -0.507 e. The highest BCUT2D eigenvalue weighted by Crippen LogP contribution is 2.44. The maximum Gasteiger partial charge on any atom is 0.149 e. The van der Waals surface area contributed by atoms with Crippen LogP contribution in [0.2, 0.25) is 0 Å². The van der Waals surface area contributed by atoms with Crippen LogP contribution in [0.3, 0.4) is 0 Å². The molecule has 0 aliphatic rings. The van der Waals surface area contributed by atoms with E-state index in [-0.39, 0.29) is 27.7 Å². The Morgan fingerprint density at radius 1 is 0.531 bits per heavy atom. The van der Waals surface area contributed by atoms with E-state index >= 15 is 0 Å². The Hall–Kier alpha value is -7.04. The summed E-state index contributed by atoms with van der Waals surface area (Å²) < 4.78 is 52.9. The first-order valence-corrected chi connectivity index (χ1v) is 21.9. The number of aryl methyl sites for hydroxylation is 4. The average molecular weight is 842 g/mol. The van der Waals surface area contributed by atoms with Crippen molar-refractivity contribution in [3.8, 4) is 78.6 Å². The lowest BCUT2D eigenvalue weighted by Crippen LogP contribution is -2.13. The van der Waals surface area contributed by atoms with E-state index < -0.39 is 13.7 Å². The van der Waals surface area contributed by atoms with E-state index in [1.165, 1.54) is 0 Å². The van der Waals surface area contributed by atoms with Crippen molar-refractivity contribution >= 4 is 11.0 Å². The van der Waals surface area contributed by atoms with Crippen LogP contribution in [0.25, 0.3) is 83.9 Å². The highest BCUT2D eigenvalue weighted by atomic mass is 16.3. The number of rotatable bonds is 7. The number of aromatic nitrogens is 3. The molecular formula is C60H57N3O. The molecular weight excluding hydrogens is 779 g/mol. The highest BCUT2D eigenvalue weighted by Gasteiger charge is 2.26. The van der Waals surface area contributed by atoms with E-state index in [0.717, 1.165) is 72.5 Å². The van der Waals surface area contributed by atoms with Crippen LogP contribution in [0, 0.1) is 27.6 Å². The Kier molecular flexibility index (Phi) is 9.00. The summed E-state index contributed by atoms with van der Waals surface area (Å²) in [6.45, 7) is 12.1. The molecule has 9 rings (SSSR count). The number of nitrogens with zero attached hydrogens (tertiary/aromatic N) is 3. The fourth-order valence-electron chi connectivity index (χ4n) is 8.91. The van der Waals surface area contributed by atoms with Crippen LogP contribution >= 0.6 is 0 Å². The third-order valence-electron chi connectivity index (χ3n) is 12.2. The van der Waals surface area contributed by atoms with Gasteiger partial charge in [0.15, 0.2) is 0 Å². The summed E-state index contributed by atoms with van der Waals surface area (Å²) in [5, 5.41) is 11.9. The summed E-state index contributed by atoms with van der Waals surface area (Å²) in [7, 11) is 0. The van der Waals surface area contributed by atoms with Crippen molar-refractivity contribution in [1.82, 2.24) is 14.5 Å². The van der Waals surface area contributed by atoms with Crippen molar-refractivity contribution in [3.63, 3.8) is 0 Å². The van der Waals surface area contributed by atoms with Crippen molar-refractivity contribution in [2.45, 2.75) is 79.9 Å². The first kappa shape index (κ1) is 35.4. The van der Waals surface area contributed by atoms with Crippen LogP contribution in [-0.2, 0) is 10.8 Å². The topological polar surface area (TPSA) is 50.9 Å². The predicted molar refractivity (Wildman–Crippen MR) is 269 cm³/mol. The highest BCUT2D eigenvalue weighted by molar-refractivity contribution is 5.97. The molecule has 0 spiro atoms. The summed E-state index contributed by atoms with van der Waals surface area (Å²) in [6, 6.07) is 49.4. The fraction of sp³-hybridized carbons (Fsp3) is 0.200. The Labute approximate surface area is 387 Å². The minimum atomic E-state index is -2.56. The number of hydrogen-bond donors (Lipinski definition) is 1. The lowest BCUT2D eigenvalue weighted by molar-refractivity contribution is 0.472. The van der Waals surface area contributed by atoms with Gasteiger partial charge in [0.05, 0.1) is 28.0 Å². The molecule has 2 aromatic heterocycles. The maximum absolute atomic E-state index is 11.9. The molecule has 7 aromatic carbocycles. The Morgan fingerprint density at radius 2 is 1.27 bits per heavy atom. The number of imidazole rings is 1. The van der Waals surface area contributed by atoms with Crippen LogP contribution in [0.15, 0.2) is 158 Å². The molecule has 0 unspecified atom stereocenters. The first-order valence-electron chi connectivity index (χ1n) is 24.9. The first-order chi connectivity index (χ1) is 33.0. The van der Waals surface area contributed by atoms with E-state index in [1.54, 1.807) is 18.3 Å². The van der Waals surface area contributed by atoms with Gasteiger partial charge in [-0.15, -0.1) is 0 Å². The lowest BCUT2D eigenvalue weighted by Gasteiger charge is -2.26. The van der Waals surface area contributed by atoms with Gasteiger partial charge in [-0.2, -0.15) is 0 Å². The molecule has 2 heterocycles. The fourth-order valence-corrected chi connectivity index (χ4v) is 8.91. The molecule has 0 bridgehead atoms. The second-order valence-electron chi connectivity index (χ2n) is 19.1. The molecule has 0 atom stereocenters. The third-order valence-corrected chi connectivity index (χ3v) is 12.2. The van der Waals surface area contributed by atoms with Gasteiger partial charge in [-0.25, -0.2) is 4.98 Å². The molecule has 0 amide bonds. The SMILES string of the molecule is [2H]C([2H])([2H])c1ccc(-c2ccnc(-c3cc(-c4cccc5c4nc(-c4cc(C)cc(C)c4O)n5-c4ccc(-c5c(-c6ccccc6)cccc5C(C)(C)C)cc4C([2H])([2H])[2H])cc(C(C)(C)C)c3)c2)cc1. The van der Waals surface area contributed by atoms with Gasteiger partial charge in [0.2, 0.25) is 0 Å². The van der Waals surface area contributed by atoms with Gasteiger partial charge >= 0.3 is 0 Å². The molecule has 0 saturated carbocycles. The van der Waals surface area contributed by atoms with Gasteiger partial charge in [-0.3, -0.25) is 9.55 Å². The summed E-state index contributed by atoms with van der Waals surface area (Å²) in [5.41, 5.74) is 14.8. The number of phenolic OH excluding ortho intramolecular Hbond substituents is 1. The number of para-hydroxylation sites is 1. The Morgan fingerprint density at radius 3 is 2.00 bits per heavy atom. The zero-order valence-corrected chi connectivity index (χ0v) is 37.8. The molecule has 318 valence electrons. The number of hydrogen-bond acceptors (Lipinski definition) is 3. The van der Waals surface area contributed by atoms with E-state index in [9.17, 15) is 5.11 Å². The quantitative estimate of drug-likeness (QED) is 0.174. The van der Waals surface area contributed by atoms with E-state index in [1.807, 2.05) is 109 Å². The molecule has 4 heteroatoms. The molecule has 9 aromatic rings. The summed E-state index contributed by atoms with van der Waals surface area (Å²) in [6.07, 6.45) is 1.77. The average Bonchev–Trinajstić information content (AvgIpc) is 3.71. The zero-order chi connectivity index (χ0) is 50.1. The molecule has 0 aliphatic carbocycles. The summed E-state index contributed by atoms with van der Waals surface area (Å²) >= 11 is 0. The normalized spacial score (nSPS) is 13.8. The Bertz CT molecular complexity index is 3440. The monoisotopic (exact) mass is 841 g/mol. The second-order valence-corrected chi connectivity index (χ2v) is 19.1.